The number of carboxylic acid groups (broad SMARTS) is 1. The van der Waals surface area contributed by atoms with Gasteiger partial charge in [-0.2, -0.15) is 0 Å². The summed E-state index contributed by atoms with van der Waals surface area (Å²) in [4.78, 5) is 11.5. The Morgan fingerprint density at radius 1 is 1.29 bits per heavy atom. The predicted octanol–water partition coefficient (Wildman–Crippen LogP) is 3.64. The van der Waals surface area contributed by atoms with E-state index in [-0.39, 0.29) is 16.4 Å². The Morgan fingerprint density at radius 3 is 2.33 bits per heavy atom. The number of sulfone groups is 1. The molecule has 0 fully saturated rings. The third kappa shape index (κ3) is 4.30. The Labute approximate surface area is 127 Å². The van der Waals surface area contributed by atoms with Crippen LogP contribution in [0.15, 0.2) is 17.0 Å². The SMILES string of the molecule is CCCCC(C)c1cc(CC)c(C(=O)O)cc1S(C)(=O)=O. The Bertz CT molecular complexity index is 617. The second-order valence-electron chi connectivity index (χ2n) is 5.52. The van der Waals surface area contributed by atoms with Crippen LogP contribution < -0.4 is 0 Å². The summed E-state index contributed by atoms with van der Waals surface area (Å²) in [7, 11) is -3.45. The molecule has 1 N–H and O–H groups in total. The molecule has 118 valence electrons. The molecule has 0 saturated heterocycles. The summed E-state index contributed by atoms with van der Waals surface area (Å²) < 4.78 is 24.0. The van der Waals surface area contributed by atoms with Crippen molar-refractivity contribution in [2.24, 2.45) is 0 Å². The zero-order chi connectivity index (χ0) is 16.2. The van der Waals surface area contributed by atoms with Crippen LogP contribution in [0.4, 0.5) is 0 Å². The van der Waals surface area contributed by atoms with E-state index in [2.05, 4.69) is 6.92 Å². The zero-order valence-corrected chi connectivity index (χ0v) is 14.0. The summed E-state index contributed by atoms with van der Waals surface area (Å²) in [6, 6.07) is 3.09. The van der Waals surface area contributed by atoms with Crippen molar-refractivity contribution >= 4 is 15.8 Å². The third-order valence-corrected chi connectivity index (χ3v) is 4.92. The lowest BCUT2D eigenvalue weighted by molar-refractivity contribution is 0.0695. The summed E-state index contributed by atoms with van der Waals surface area (Å²) in [5.41, 5.74) is 1.52. The van der Waals surface area contributed by atoms with Gasteiger partial charge in [-0.15, -0.1) is 0 Å². The Morgan fingerprint density at radius 2 is 1.90 bits per heavy atom. The standard InChI is InChI=1S/C16H24O4S/c1-5-7-8-11(3)13-9-12(6-2)14(16(17)18)10-15(13)21(4,19)20/h9-11H,5-8H2,1-4H3,(H,17,18). The molecule has 4 nitrogen and oxygen atoms in total. The van der Waals surface area contributed by atoms with Crippen LogP contribution in [0.1, 0.15) is 67.4 Å². The van der Waals surface area contributed by atoms with Gasteiger partial charge in [-0.05, 0) is 36.0 Å². The van der Waals surface area contributed by atoms with Crippen molar-refractivity contribution in [3.63, 3.8) is 0 Å². The van der Waals surface area contributed by atoms with Crippen molar-refractivity contribution < 1.29 is 18.3 Å². The molecule has 0 radical (unpaired) electrons. The van der Waals surface area contributed by atoms with Crippen LogP contribution in [0.25, 0.3) is 0 Å². The summed E-state index contributed by atoms with van der Waals surface area (Å²) in [6.45, 7) is 5.97. The molecular weight excluding hydrogens is 288 g/mol. The first-order valence-electron chi connectivity index (χ1n) is 7.32. The van der Waals surface area contributed by atoms with Crippen molar-refractivity contribution in [1.82, 2.24) is 0 Å². The highest BCUT2D eigenvalue weighted by molar-refractivity contribution is 7.90. The zero-order valence-electron chi connectivity index (χ0n) is 13.1. The Balaban J connectivity index is 3.50. The highest BCUT2D eigenvalue weighted by atomic mass is 32.2. The van der Waals surface area contributed by atoms with E-state index in [1.165, 1.54) is 6.07 Å². The minimum atomic E-state index is -3.45. The quantitative estimate of drug-likeness (QED) is 0.834. The fourth-order valence-corrected chi connectivity index (χ4v) is 3.53. The van der Waals surface area contributed by atoms with Gasteiger partial charge in [0.1, 0.15) is 0 Å². The molecule has 0 aromatic heterocycles. The lowest BCUT2D eigenvalue weighted by Crippen LogP contribution is -2.11. The van der Waals surface area contributed by atoms with E-state index < -0.39 is 15.8 Å². The van der Waals surface area contributed by atoms with Crippen LogP contribution in [0.3, 0.4) is 0 Å². The molecule has 0 saturated carbocycles. The van der Waals surface area contributed by atoms with Gasteiger partial charge in [-0.1, -0.05) is 39.7 Å². The molecule has 1 aromatic carbocycles. The lowest BCUT2D eigenvalue weighted by atomic mass is 9.91. The molecule has 1 rings (SSSR count). The number of carbonyl (C=O) groups is 1. The maximum atomic E-state index is 12.0. The first-order valence-corrected chi connectivity index (χ1v) is 9.21. The van der Waals surface area contributed by atoms with E-state index >= 15 is 0 Å². The number of rotatable bonds is 7. The molecule has 1 atom stereocenters. The van der Waals surface area contributed by atoms with Crippen LogP contribution in [-0.4, -0.2) is 25.7 Å². The minimum Gasteiger partial charge on any atom is -0.478 e. The van der Waals surface area contributed by atoms with Gasteiger partial charge in [0.2, 0.25) is 0 Å². The van der Waals surface area contributed by atoms with Gasteiger partial charge in [-0.3, -0.25) is 0 Å². The van der Waals surface area contributed by atoms with Gasteiger partial charge in [0.15, 0.2) is 9.84 Å². The largest absolute Gasteiger partial charge is 0.478 e. The van der Waals surface area contributed by atoms with Crippen LogP contribution in [0, 0.1) is 0 Å². The van der Waals surface area contributed by atoms with Crippen molar-refractivity contribution in [1.29, 1.82) is 0 Å². The van der Waals surface area contributed by atoms with E-state index in [4.69, 9.17) is 0 Å². The summed E-state index contributed by atoms with van der Waals surface area (Å²) in [5.74, 6) is -0.979. The molecule has 0 aliphatic rings. The normalized spacial score (nSPS) is 13.1. The highest BCUT2D eigenvalue weighted by Gasteiger charge is 2.22. The maximum absolute atomic E-state index is 12.0. The van der Waals surface area contributed by atoms with Crippen molar-refractivity contribution in [2.75, 3.05) is 6.26 Å². The van der Waals surface area contributed by atoms with E-state index in [0.717, 1.165) is 31.1 Å². The van der Waals surface area contributed by atoms with E-state index in [1.807, 2.05) is 13.8 Å². The van der Waals surface area contributed by atoms with Crippen LogP contribution in [-0.2, 0) is 16.3 Å². The fourth-order valence-electron chi connectivity index (χ4n) is 2.51. The van der Waals surface area contributed by atoms with Crippen LogP contribution in [0.2, 0.25) is 0 Å². The minimum absolute atomic E-state index is 0.0874. The van der Waals surface area contributed by atoms with Crippen molar-refractivity contribution in [3.8, 4) is 0 Å². The number of unbranched alkanes of at least 4 members (excludes halogenated alkanes) is 1. The predicted molar refractivity (Wildman–Crippen MR) is 83.8 cm³/mol. The number of carboxylic acids is 1. The third-order valence-electron chi connectivity index (χ3n) is 3.77. The summed E-state index contributed by atoms with van der Waals surface area (Å²) in [5, 5.41) is 9.26. The van der Waals surface area contributed by atoms with Gasteiger partial charge in [-0.25, -0.2) is 13.2 Å². The number of aromatic carboxylic acids is 1. The van der Waals surface area contributed by atoms with E-state index in [9.17, 15) is 18.3 Å². The average Bonchev–Trinajstić information content (AvgIpc) is 2.41. The first-order chi connectivity index (χ1) is 9.72. The van der Waals surface area contributed by atoms with Gasteiger partial charge < -0.3 is 5.11 Å². The Hall–Kier alpha value is -1.36. The molecular formula is C16H24O4S. The molecule has 0 amide bonds. The van der Waals surface area contributed by atoms with Crippen LogP contribution in [0.5, 0.6) is 0 Å². The summed E-state index contributed by atoms with van der Waals surface area (Å²) in [6.07, 6.45) is 4.67. The average molecular weight is 312 g/mol. The highest BCUT2D eigenvalue weighted by Crippen LogP contribution is 2.31. The Kier molecular flexibility index (Phi) is 5.96. The molecule has 5 heteroatoms. The second kappa shape index (κ2) is 7.07. The van der Waals surface area contributed by atoms with E-state index in [1.54, 1.807) is 6.07 Å². The molecule has 0 aliphatic carbocycles. The fraction of sp³-hybridized carbons (Fsp3) is 0.562. The molecule has 0 aliphatic heterocycles. The number of hydrogen-bond acceptors (Lipinski definition) is 3. The first kappa shape index (κ1) is 17.7. The number of hydrogen-bond donors (Lipinski definition) is 1. The molecule has 0 bridgehead atoms. The van der Waals surface area contributed by atoms with Crippen molar-refractivity contribution in [3.05, 3.63) is 28.8 Å². The van der Waals surface area contributed by atoms with Gasteiger partial charge >= 0.3 is 5.97 Å². The molecule has 0 heterocycles. The van der Waals surface area contributed by atoms with E-state index in [0.29, 0.717) is 12.0 Å². The van der Waals surface area contributed by atoms with Crippen molar-refractivity contribution in [2.45, 2.75) is 57.3 Å². The smallest absolute Gasteiger partial charge is 0.336 e. The molecule has 0 spiro atoms. The molecule has 21 heavy (non-hydrogen) atoms. The number of aryl methyl sites for hydroxylation is 1. The maximum Gasteiger partial charge on any atom is 0.336 e. The molecule has 1 unspecified atom stereocenters. The molecule has 1 aromatic rings. The van der Waals surface area contributed by atoms with Crippen LogP contribution >= 0.6 is 0 Å². The number of benzene rings is 1. The monoisotopic (exact) mass is 312 g/mol. The summed E-state index contributed by atoms with van der Waals surface area (Å²) >= 11 is 0. The lowest BCUT2D eigenvalue weighted by Gasteiger charge is -2.18. The topological polar surface area (TPSA) is 71.4 Å². The second-order valence-corrected chi connectivity index (χ2v) is 7.51. The van der Waals surface area contributed by atoms with Gasteiger partial charge in [0, 0.05) is 6.26 Å². The van der Waals surface area contributed by atoms with Gasteiger partial charge in [0.05, 0.1) is 10.5 Å². The van der Waals surface area contributed by atoms with Gasteiger partial charge in [0.25, 0.3) is 0 Å².